The van der Waals surface area contributed by atoms with E-state index in [4.69, 9.17) is 5.11 Å². The molecule has 0 unspecified atom stereocenters. The molecule has 0 aliphatic carbocycles. The Balaban J connectivity index is 1.75. The SMILES string of the molecule is CC(C)[C@H](NC(=O)c1ccc2nc(-n3cccc3)sc2c1)C(=O)NCCCO. The van der Waals surface area contributed by atoms with Crippen molar-refractivity contribution in [2.75, 3.05) is 13.2 Å². The zero-order valence-corrected chi connectivity index (χ0v) is 16.7. The van der Waals surface area contributed by atoms with Crippen LogP contribution in [0.15, 0.2) is 42.7 Å². The predicted molar refractivity (Wildman–Crippen MR) is 110 cm³/mol. The van der Waals surface area contributed by atoms with Crippen LogP contribution in [0.3, 0.4) is 0 Å². The van der Waals surface area contributed by atoms with Gasteiger partial charge < -0.3 is 20.3 Å². The average molecular weight is 401 g/mol. The van der Waals surface area contributed by atoms with Crippen molar-refractivity contribution < 1.29 is 14.7 Å². The molecule has 0 saturated carbocycles. The first-order chi connectivity index (χ1) is 13.5. The van der Waals surface area contributed by atoms with Crippen LogP contribution in [0.25, 0.3) is 15.3 Å². The van der Waals surface area contributed by atoms with Gasteiger partial charge in [0.15, 0.2) is 5.13 Å². The van der Waals surface area contributed by atoms with Crippen molar-refractivity contribution >= 4 is 33.4 Å². The summed E-state index contributed by atoms with van der Waals surface area (Å²) in [5.41, 5.74) is 1.32. The minimum atomic E-state index is -0.640. The molecular formula is C20H24N4O3S. The number of fused-ring (bicyclic) bond motifs is 1. The number of amides is 2. The molecule has 148 valence electrons. The standard InChI is InChI=1S/C20H24N4O3S/c1-13(2)17(19(27)21-8-5-11-25)23-18(26)14-6-7-15-16(12-14)28-20(22-15)24-9-3-4-10-24/h3-4,6-7,9-10,12-13,17,25H,5,8,11H2,1-2H3,(H,21,27)(H,23,26)/t17-/m0/s1. The fourth-order valence-electron chi connectivity index (χ4n) is 2.79. The number of nitrogens with one attached hydrogen (secondary N) is 2. The highest BCUT2D eigenvalue weighted by Crippen LogP contribution is 2.26. The number of thiazole rings is 1. The number of aromatic nitrogens is 2. The molecule has 0 radical (unpaired) electrons. The molecule has 0 aliphatic heterocycles. The molecule has 2 heterocycles. The van der Waals surface area contributed by atoms with E-state index in [1.54, 1.807) is 12.1 Å². The number of nitrogens with zero attached hydrogens (tertiary/aromatic N) is 2. The van der Waals surface area contributed by atoms with Gasteiger partial charge in [-0.3, -0.25) is 9.59 Å². The topological polar surface area (TPSA) is 96.2 Å². The summed E-state index contributed by atoms with van der Waals surface area (Å²) < 4.78 is 2.83. The maximum absolute atomic E-state index is 12.7. The molecule has 8 heteroatoms. The van der Waals surface area contributed by atoms with E-state index in [-0.39, 0.29) is 24.3 Å². The van der Waals surface area contributed by atoms with Crippen LogP contribution in [0.5, 0.6) is 0 Å². The van der Waals surface area contributed by atoms with Crippen LogP contribution in [-0.2, 0) is 4.79 Å². The lowest BCUT2D eigenvalue weighted by molar-refractivity contribution is -0.123. The lowest BCUT2D eigenvalue weighted by atomic mass is 10.0. The van der Waals surface area contributed by atoms with Crippen LogP contribution >= 0.6 is 11.3 Å². The van der Waals surface area contributed by atoms with Crippen molar-refractivity contribution in [2.45, 2.75) is 26.3 Å². The Morgan fingerprint density at radius 2 is 2.00 bits per heavy atom. The summed E-state index contributed by atoms with van der Waals surface area (Å²) in [6.07, 6.45) is 4.33. The summed E-state index contributed by atoms with van der Waals surface area (Å²) in [4.78, 5) is 29.7. The van der Waals surface area contributed by atoms with Gasteiger partial charge in [0.1, 0.15) is 6.04 Å². The van der Waals surface area contributed by atoms with Gasteiger partial charge in [-0.25, -0.2) is 4.98 Å². The molecule has 3 aromatic rings. The lowest BCUT2D eigenvalue weighted by Crippen LogP contribution is -2.49. The normalized spacial score (nSPS) is 12.3. The average Bonchev–Trinajstić information content (AvgIpc) is 3.34. The van der Waals surface area contributed by atoms with E-state index < -0.39 is 6.04 Å². The van der Waals surface area contributed by atoms with E-state index in [0.29, 0.717) is 18.5 Å². The lowest BCUT2D eigenvalue weighted by Gasteiger charge is -2.21. The number of rotatable bonds is 8. The predicted octanol–water partition coefficient (Wildman–Crippen LogP) is 2.34. The van der Waals surface area contributed by atoms with Crippen molar-refractivity contribution in [1.29, 1.82) is 0 Å². The highest BCUT2D eigenvalue weighted by atomic mass is 32.1. The molecule has 7 nitrogen and oxygen atoms in total. The van der Waals surface area contributed by atoms with E-state index >= 15 is 0 Å². The Bertz CT molecular complexity index is 950. The molecule has 2 aromatic heterocycles. The molecule has 0 bridgehead atoms. The van der Waals surface area contributed by atoms with Gasteiger partial charge in [0, 0.05) is 31.1 Å². The van der Waals surface area contributed by atoms with E-state index in [9.17, 15) is 9.59 Å². The number of hydrogen-bond donors (Lipinski definition) is 3. The second kappa shape index (κ2) is 8.99. The van der Waals surface area contributed by atoms with Crippen molar-refractivity contribution in [3.05, 3.63) is 48.3 Å². The molecule has 0 saturated heterocycles. The molecule has 28 heavy (non-hydrogen) atoms. The number of benzene rings is 1. The van der Waals surface area contributed by atoms with Gasteiger partial charge in [-0.2, -0.15) is 0 Å². The number of aliphatic hydroxyl groups is 1. The molecule has 2 amide bonds. The van der Waals surface area contributed by atoms with E-state index in [1.807, 2.05) is 49.0 Å². The third kappa shape index (κ3) is 4.58. The third-order valence-electron chi connectivity index (χ3n) is 4.33. The van der Waals surface area contributed by atoms with Gasteiger partial charge >= 0.3 is 0 Å². The Labute approximate surface area is 167 Å². The second-order valence-electron chi connectivity index (χ2n) is 6.83. The maximum atomic E-state index is 12.7. The smallest absolute Gasteiger partial charge is 0.251 e. The van der Waals surface area contributed by atoms with Gasteiger partial charge in [0.05, 0.1) is 10.2 Å². The fraction of sp³-hybridized carbons (Fsp3) is 0.350. The summed E-state index contributed by atoms with van der Waals surface area (Å²) in [5.74, 6) is -0.607. The first-order valence-electron chi connectivity index (χ1n) is 9.23. The summed E-state index contributed by atoms with van der Waals surface area (Å²) in [6, 6.07) is 8.57. The summed E-state index contributed by atoms with van der Waals surface area (Å²) in [5, 5.41) is 15.2. The number of aliphatic hydroxyl groups excluding tert-OH is 1. The minimum Gasteiger partial charge on any atom is -0.396 e. The summed E-state index contributed by atoms with van der Waals surface area (Å²) in [6.45, 7) is 4.15. The third-order valence-corrected chi connectivity index (χ3v) is 5.37. The van der Waals surface area contributed by atoms with Crippen LogP contribution in [0.2, 0.25) is 0 Å². The Morgan fingerprint density at radius 1 is 1.25 bits per heavy atom. The highest BCUT2D eigenvalue weighted by molar-refractivity contribution is 7.20. The molecule has 3 rings (SSSR count). The number of carbonyl (C=O) groups excluding carboxylic acids is 2. The quantitative estimate of drug-likeness (QED) is 0.506. The van der Waals surface area contributed by atoms with E-state index in [1.165, 1.54) is 11.3 Å². The Kier molecular flexibility index (Phi) is 6.43. The van der Waals surface area contributed by atoms with Gasteiger partial charge in [0.2, 0.25) is 5.91 Å². The molecule has 1 atom stereocenters. The van der Waals surface area contributed by atoms with Crippen LogP contribution in [0.1, 0.15) is 30.6 Å². The van der Waals surface area contributed by atoms with Crippen LogP contribution in [0, 0.1) is 5.92 Å². The minimum absolute atomic E-state index is 0.0127. The molecular weight excluding hydrogens is 376 g/mol. The van der Waals surface area contributed by atoms with Gasteiger partial charge in [-0.05, 0) is 42.7 Å². The second-order valence-corrected chi connectivity index (χ2v) is 7.84. The first kappa shape index (κ1) is 20.0. The molecule has 0 spiro atoms. The Hall–Kier alpha value is -2.71. The Morgan fingerprint density at radius 3 is 2.68 bits per heavy atom. The number of hydrogen-bond acceptors (Lipinski definition) is 5. The largest absolute Gasteiger partial charge is 0.396 e. The van der Waals surface area contributed by atoms with Crippen molar-refractivity contribution in [1.82, 2.24) is 20.2 Å². The maximum Gasteiger partial charge on any atom is 0.251 e. The van der Waals surface area contributed by atoms with Crippen molar-refractivity contribution in [3.8, 4) is 5.13 Å². The van der Waals surface area contributed by atoms with Gasteiger partial charge in [0.25, 0.3) is 5.91 Å². The van der Waals surface area contributed by atoms with Crippen LogP contribution < -0.4 is 10.6 Å². The van der Waals surface area contributed by atoms with E-state index in [2.05, 4.69) is 15.6 Å². The zero-order valence-electron chi connectivity index (χ0n) is 15.9. The van der Waals surface area contributed by atoms with Crippen molar-refractivity contribution in [2.24, 2.45) is 5.92 Å². The van der Waals surface area contributed by atoms with Gasteiger partial charge in [-0.1, -0.05) is 25.2 Å². The summed E-state index contributed by atoms with van der Waals surface area (Å²) >= 11 is 1.50. The molecule has 1 aromatic carbocycles. The van der Waals surface area contributed by atoms with Crippen molar-refractivity contribution in [3.63, 3.8) is 0 Å². The van der Waals surface area contributed by atoms with Crippen LogP contribution in [0.4, 0.5) is 0 Å². The van der Waals surface area contributed by atoms with Gasteiger partial charge in [-0.15, -0.1) is 0 Å². The molecule has 0 fully saturated rings. The highest BCUT2D eigenvalue weighted by Gasteiger charge is 2.24. The number of carbonyl (C=O) groups is 2. The first-order valence-corrected chi connectivity index (χ1v) is 10.0. The monoisotopic (exact) mass is 400 g/mol. The molecule has 3 N–H and O–H groups in total. The fourth-order valence-corrected chi connectivity index (χ4v) is 3.76. The van der Waals surface area contributed by atoms with E-state index in [0.717, 1.165) is 15.3 Å². The summed E-state index contributed by atoms with van der Waals surface area (Å²) in [7, 11) is 0. The zero-order chi connectivity index (χ0) is 20.1. The van der Waals surface area contributed by atoms with Crippen LogP contribution in [-0.4, -0.2) is 45.7 Å². The molecule has 0 aliphatic rings.